The van der Waals surface area contributed by atoms with E-state index in [1.54, 1.807) is 0 Å². The lowest BCUT2D eigenvalue weighted by Crippen LogP contribution is -2.47. The van der Waals surface area contributed by atoms with Crippen LogP contribution in [-0.2, 0) is 0 Å². The zero-order valence-corrected chi connectivity index (χ0v) is 13.8. The van der Waals surface area contributed by atoms with E-state index in [-0.39, 0.29) is 11.4 Å². The van der Waals surface area contributed by atoms with Gasteiger partial charge in [0.05, 0.1) is 0 Å². The minimum absolute atomic E-state index is 0.0284. The van der Waals surface area contributed by atoms with E-state index in [0.717, 1.165) is 41.4 Å². The Morgan fingerprint density at radius 2 is 1.76 bits per heavy atom. The molecule has 0 radical (unpaired) electrons. The van der Waals surface area contributed by atoms with Crippen LogP contribution in [0.3, 0.4) is 0 Å². The summed E-state index contributed by atoms with van der Waals surface area (Å²) in [7, 11) is 0. The minimum Gasteiger partial charge on any atom is -0.358 e. The molecule has 0 aliphatic rings. The summed E-state index contributed by atoms with van der Waals surface area (Å²) in [4.78, 5) is 15.9. The fourth-order valence-corrected chi connectivity index (χ4v) is 2.93. The number of aromatic nitrogens is 1. The third-order valence-electron chi connectivity index (χ3n) is 4.98. The third kappa shape index (κ3) is 2.82. The molecule has 3 nitrogen and oxygen atoms in total. The number of fused-ring (bicyclic) bond motifs is 1. The molecule has 2 rings (SSSR count). The first kappa shape index (κ1) is 15.6. The van der Waals surface area contributed by atoms with Crippen molar-refractivity contribution in [1.82, 2.24) is 10.3 Å². The van der Waals surface area contributed by atoms with Crippen molar-refractivity contribution < 1.29 is 4.79 Å². The highest BCUT2D eigenvalue weighted by molar-refractivity contribution is 5.99. The maximum atomic E-state index is 12.6. The lowest BCUT2D eigenvalue weighted by Gasteiger charge is -2.31. The Bertz CT molecular complexity index is 642. The highest BCUT2D eigenvalue weighted by Gasteiger charge is 2.26. The van der Waals surface area contributed by atoms with E-state index in [1.165, 1.54) is 5.56 Å². The smallest absolute Gasteiger partial charge is 0.251 e. The van der Waals surface area contributed by atoms with Gasteiger partial charge in [-0.1, -0.05) is 20.8 Å². The maximum absolute atomic E-state index is 12.6. The first-order chi connectivity index (χ1) is 9.96. The molecule has 3 heteroatoms. The summed E-state index contributed by atoms with van der Waals surface area (Å²) in [6.07, 6.45) is 2.86. The lowest BCUT2D eigenvalue weighted by atomic mass is 9.89. The van der Waals surface area contributed by atoms with Gasteiger partial charge in [0.25, 0.3) is 5.91 Å². The second kappa shape index (κ2) is 5.92. The molecule has 0 bridgehead atoms. The van der Waals surface area contributed by atoms with Crippen molar-refractivity contribution in [3.8, 4) is 0 Å². The number of amides is 1. The van der Waals surface area contributed by atoms with E-state index in [1.807, 2.05) is 18.2 Å². The molecule has 1 amide bonds. The van der Waals surface area contributed by atoms with Crippen LogP contribution in [0.2, 0.25) is 0 Å². The van der Waals surface area contributed by atoms with Gasteiger partial charge in [0, 0.05) is 27.7 Å². The average Bonchev–Trinajstić information content (AvgIpc) is 2.79. The Hall–Kier alpha value is -1.77. The molecular weight excluding hydrogens is 260 g/mol. The van der Waals surface area contributed by atoms with Gasteiger partial charge in [-0.05, 0) is 56.9 Å². The van der Waals surface area contributed by atoms with Gasteiger partial charge in [-0.3, -0.25) is 4.79 Å². The third-order valence-corrected chi connectivity index (χ3v) is 4.98. The van der Waals surface area contributed by atoms with Crippen LogP contribution in [0.1, 0.15) is 61.6 Å². The summed E-state index contributed by atoms with van der Waals surface area (Å²) in [5.74, 6) is 0.0284. The molecule has 0 aliphatic heterocycles. The van der Waals surface area contributed by atoms with Crippen LogP contribution in [0.4, 0.5) is 0 Å². The van der Waals surface area contributed by atoms with Crippen molar-refractivity contribution in [2.24, 2.45) is 0 Å². The monoisotopic (exact) mass is 286 g/mol. The van der Waals surface area contributed by atoms with E-state index in [4.69, 9.17) is 0 Å². The molecule has 0 unspecified atom stereocenters. The summed E-state index contributed by atoms with van der Waals surface area (Å²) < 4.78 is 0. The number of aryl methyl sites for hydroxylation is 2. The first-order valence-electron chi connectivity index (χ1n) is 7.87. The van der Waals surface area contributed by atoms with Gasteiger partial charge in [0.15, 0.2) is 0 Å². The quantitative estimate of drug-likeness (QED) is 0.836. The van der Waals surface area contributed by atoms with Gasteiger partial charge in [-0.15, -0.1) is 0 Å². The van der Waals surface area contributed by atoms with Crippen LogP contribution >= 0.6 is 0 Å². The minimum atomic E-state index is -0.0881. The van der Waals surface area contributed by atoms with E-state index in [2.05, 4.69) is 44.9 Å². The second-order valence-electron chi connectivity index (χ2n) is 5.93. The number of rotatable bonds is 5. The molecule has 0 spiro atoms. The largest absolute Gasteiger partial charge is 0.358 e. The molecule has 114 valence electrons. The molecule has 0 saturated heterocycles. The molecular formula is C18H26N2O. The summed E-state index contributed by atoms with van der Waals surface area (Å²) in [6.45, 7) is 10.6. The van der Waals surface area contributed by atoms with Gasteiger partial charge in [0.2, 0.25) is 0 Å². The molecule has 0 aliphatic carbocycles. The molecule has 0 saturated carbocycles. The zero-order chi connectivity index (χ0) is 15.6. The van der Waals surface area contributed by atoms with Crippen LogP contribution in [-0.4, -0.2) is 16.4 Å². The molecule has 21 heavy (non-hydrogen) atoms. The van der Waals surface area contributed by atoms with E-state index in [9.17, 15) is 4.79 Å². The van der Waals surface area contributed by atoms with Crippen LogP contribution in [0.25, 0.3) is 10.9 Å². The summed E-state index contributed by atoms with van der Waals surface area (Å²) in [5.41, 5.74) is 4.12. The number of carbonyl (C=O) groups excluding carboxylic acids is 1. The van der Waals surface area contributed by atoms with Crippen molar-refractivity contribution in [3.05, 3.63) is 35.0 Å². The molecule has 1 heterocycles. The average molecular weight is 286 g/mol. The number of aromatic amines is 1. The Labute approximate surface area is 127 Å². The summed E-state index contributed by atoms with van der Waals surface area (Å²) in [6, 6.07) is 5.89. The van der Waals surface area contributed by atoms with Crippen molar-refractivity contribution in [2.75, 3.05) is 0 Å². The summed E-state index contributed by atoms with van der Waals surface area (Å²) in [5, 5.41) is 4.37. The Balaban J connectivity index is 2.33. The Kier molecular flexibility index (Phi) is 4.40. The lowest BCUT2D eigenvalue weighted by molar-refractivity contribution is 0.0888. The molecule has 0 atom stereocenters. The van der Waals surface area contributed by atoms with Gasteiger partial charge >= 0.3 is 0 Å². The van der Waals surface area contributed by atoms with E-state index < -0.39 is 0 Å². The highest BCUT2D eigenvalue weighted by atomic mass is 16.1. The number of nitrogens with one attached hydrogen (secondary N) is 2. The topological polar surface area (TPSA) is 44.9 Å². The van der Waals surface area contributed by atoms with Crippen molar-refractivity contribution >= 4 is 16.8 Å². The highest BCUT2D eigenvalue weighted by Crippen LogP contribution is 2.24. The van der Waals surface area contributed by atoms with Crippen molar-refractivity contribution in [3.63, 3.8) is 0 Å². The van der Waals surface area contributed by atoms with Gasteiger partial charge in [-0.2, -0.15) is 0 Å². The predicted molar refractivity (Wildman–Crippen MR) is 88.8 cm³/mol. The van der Waals surface area contributed by atoms with Gasteiger partial charge < -0.3 is 10.3 Å². The number of benzene rings is 1. The Morgan fingerprint density at radius 1 is 1.14 bits per heavy atom. The van der Waals surface area contributed by atoms with E-state index >= 15 is 0 Å². The van der Waals surface area contributed by atoms with Crippen molar-refractivity contribution in [2.45, 2.75) is 59.4 Å². The molecule has 1 aromatic carbocycles. The fraction of sp³-hybridized carbons (Fsp3) is 0.500. The summed E-state index contributed by atoms with van der Waals surface area (Å²) >= 11 is 0. The molecule has 2 aromatic rings. The molecule has 1 aromatic heterocycles. The number of hydrogen-bond acceptors (Lipinski definition) is 1. The van der Waals surface area contributed by atoms with Gasteiger partial charge in [-0.25, -0.2) is 0 Å². The molecule has 0 fully saturated rings. The predicted octanol–water partition coefficient (Wildman–Crippen LogP) is 4.48. The van der Waals surface area contributed by atoms with E-state index in [0.29, 0.717) is 0 Å². The normalized spacial score (nSPS) is 11.9. The number of hydrogen-bond donors (Lipinski definition) is 2. The second-order valence-corrected chi connectivity index (χ2v) is 5.93. The zero-order valence-electron chi connectivity index (χ0n) is 13.8. The Morgan fingerprint density at radius 3 is 2.33 bits per heavy atom. The first-order valence-corrected chi connectivity index (χ1v) is 7.87. The van der Waals surface area contributed by atoms with Crippen LogP contribution in [0.15, 0.2) is 18.2 Å². The number of H-pyrrole nitrogens is 1. The standard InChI is InChI=1S/C18H26N2O/c1-6-18(7-2,8-3)20-17(21)14-9-10-16-15(11-14)12(4)13(5)19-16/h9-11,19H,6-8H2,1-5H3,(H,20,21). The van der Waals surface area contributed by atoms with Crippen LogP contribution < -0.4 is 5.32 Å². The fourth-order valence-electron chi connectivity index (χ4n) is 2.93. The number of carbonyl (C=O) groups is 1. The SMILES string of the molecule is CCC(CC)(CC)NC(=O)c1ccc2[nH]c(C)c(C)c2c1. The maximum Gasteiger partial charge on any atom is 0.251 e. The van der Waals surface area contributed by atoms with Crippen molar-refractivity contribution in [1.29, 1.82) is 0 Å². The molecule has 2 N–H and O–H groups in total. The van der Waals surface area contributed by atoms with Crippen LogP contribution in [0.5, 0.6) is 0 Å². The van der Waals surface area contributed by atoms with Gasteiger partial charge in [0.1, 0.15) is 0 Å². The van der Waals surface area contributed by atoms with Crippen LogP contribution in [0, 0.1) is 13.8 Å².